The van der Waals surface area contributed by atoms with Gasteiger partial charge in [0.25, 0.3) is 0 Å². The molecule has 1 amide bonds. The van der Waals surface area contributed by atoms with Crippen LogP contribution in [0.5, 0.6) is 0 Å². The molecule has 0 bridgehead atoms. The first-order valence-corrected chi connectivity index (χ1v) is 5.85. The van der Waals surface area contributed by atoms with Crippen molar-refractivity contribution in [2.45, 2.75) is 25.8 Å². The molecule has 0 fully saturated rings. The third-order valence-electron chi connectivity index (χ3n) is 1.70. The van der Waals surface area contributed by atoms with Crippen LogP contribution in [0.25, 0.3) is 0 Å². The minimum atomic E-state index is -0.527. The molecule has 0 saturated carbocycles. The molecule has 16 heavy (non-hydrogen) atoms. The van der Waals surface area contributed by atoms with Gasteiger partial charge in [0, 0.05) is 12.0 Å². The van der Waals surface area contributed by atoms with E-state index < -0.39 is 5.54 Å². The van der Waals surface area contributed by atoms with Crippen LogP contribution in [0, 0.1) is 0 Å². The Morgan fingerprint density at radius 3 is 2.81 bits per heavy atom. The van der Waals surface area contributed by atoms with Crippen molar-refractivity contribution in [3.63, 3.8) is 0 Å². The van der Waals surface area contributed by atoms with Crippen LogP contribution in [-0.4, -0.2) is 16.4 Å². The lowest BCUT2D eigenvalue weighted by Crippen LogP contribution is -2.36. The number of halogens is 2. The van der Waals surface area contributed by atoms with Gasteiger partial charge in [-0.2, -0.15) is 0 Å². The molecule has 4 nitrogen and oxygen atoms in total. The standard InChI is InChI=1S/C10H13BrClN3O/c1-10(2,13)4-8(16)15-6-3-7(11)9(12)14-5-6/h3,5H,4,13H2,1-2H3,(H,15,16). The third kappa shape index (κ3) is 4.47. The SMILES string of the molecule is CC(C)(N)CC(=O)Nc1cnc(Cl)c(Br)c1. The van der Waals surface area contributed by atoms with E-state index in [0.29, 0.717) is 15.3 Å². The van der Waals surface area contributed by atoms with Crippen molar-refractivity contribution in [2.75, 3.05) is 5.32 Å². The number of amides is 1. The molecule has 6 heteroatoms. The van der Waals surface area contributed by atoms with E-state index in [1.165, 1.54) is 6.20 Å². The Kier molecular flexibility index (Phi) is 4.29. The second-order valence-corrected chi connectivity index (χ2v) is 5.42. The highest BCUT2D eigenvalue weighted by molar-refractivity contribution is 9.10. The number of aromatic nitrogens is 1. The van der Waals surface area contributed by atoms with Crippen molar-refractivity contribution in [1.29, 1.82) is 0 Å². The van der Waals surface area contributed by atoms with Crippen LogP contribution in [0.15, 0.2) is 16.7 Å². The second kappa shape index (κ2) is 5.12. The van der Waals surface area contributed by atoms with E-state index >= 15 is 0 Å². The summed E-state index contributed by atoms with van der Waals surface area (Å²) < 4.78 is 0.638. The van der Waals surface area contributed by atoms with E-state index in [1.807, 2.05) is 0 Å². The van der Waals surface area contributed by atoms with Gasteiger partial charge in [0.15, 0.2) is 0 Å². The van der Waals surface area contributed by atoms with Gasteiger partial charge in [-0.1, -0.05) is 11.6 Å². The van der Waals surface area contributed by atoms with Gasteiger partial charge in [0.1, 0.15) is 5.15 Å². The number of nitrogens with two attached hydrogens (primary N) is 1. The van der Waals surface area contributed by atoms with Crippen LogP contribution in [0.4, 0.5) is 5.69 Å². The molecule has 1 heterocycles. The molecule has 3 N–H and O–H groups in total. The van der Waals surface area contributed by atoms with Gasteiger partial charge in [-0.25, -0.2) is 4.98 Å². The Labute approximate surface area is 108 Å². The van der Waals surface area contributed by atoms with Crippen LogP contribution in [0.1, 0.15) is 20.3 Å². The van der Waals surface area contributed by atoms with Crippen LogP contribution in [0.2, 0.25) is 5.15 Å². The largest absolute Gasteiger partial charge is 0.325 e. The maximum Gasteiger partial charge on any atom is 0.226 e. The topological polar surface area (TPSA) is 68.0 Å². The summed E-state index contributed by atoms with van der Waals surface area (Å²) in [7, 11) is 0. The first-order valence-electron chi connectivity index (χ1n) is 4.68. The summed E-state index contributed by atoms with van der Waals surface area (Å²) in [5.74, 6) is -0.150. The first kappa shape index (κ1) is 13.4. The van der Waals surface area contributed by atoms with Gasteiger partial charge < -0.3 is 11.1 Å². The van der Waals surface area contributed by atoms with Crippen LogP contribution < -0.4 is 11.1 Å². The number of carbonyl (C=O) groups excluding carboxylic acids is 1. The zero-order valence-electron chi connectivity index (χ0n) is 9.05. The maximum atomic E-state index is 11.6. The third-order valence-corrected chi connectivity index (χ3v) is 2.83. The molecule has 0 aliphatic carbocycles. The molecule has 0 saturated heterocycles. The average Bonchev–Trinajstić information content (AvgIpc) is 2.08. The highest BCUT2D eigenvalue weighted by atomic mass is 79.9. The van der Waals surface area contributed by atoms with E-state index in [-0.39, 0.29) is 12.3 Å². The number of hydrogen-bond donors (Lipinski definition) is 2. The number of nitrogens with zero attached hydrogens (tertiary/aromatic N) is 1. The fourth-order valence-corrected chi connectivity index (χ4v) is 1.56. The summed E-state index contributed by atoms with van der Waals surface area (Å²) in [4.78, 5) is 15.5. The monoisotopic (exact) mass is 305 g/mol. The summed E-state index contributed by atoms with van der Waals surface area (Å²) >= 11 is 8.96. The highest BCUT2D eigenvalue weighted by Crippen LogP contribution is 2.23. The zero-order valence-corrected chi connectivity index (χ0v) is 11.4. The van der Waals surface area contributed by atoms with Gasteiger partial charge >= 0.3 is 0 Å². The lowest BCUT2D eigenvalue weighted by Gasteiger charge is -2.17. The molecule has 1 aromatic heterocycles. The van der Waals surface area contributed by atoms with Crippen molar-refractivity contribution >= 4 is 39.1 Å². The van der Waals surface area contributed by atoms with Gasteiger partial charge in [-0.15, -0.1) is 0 Å². The van der Waals surface area contributed by atoms with Gasteiger partial charge in [0.2, 0.25) is 5.91 Å². The van der Waals surface area contributed by atoms with Crippen LogP contribution in [0.3, 0.4) is 0 Å². The molecule has 1 rings (SSSR count). The van der Waals surface area contributed by atoms with E-state index in [1.54, 1.807) is 19.9 Å². The van der Waals surface area contributed by atoms with Gasteiger partial charge in [-0.3, -0.25) is 4.79 Å². The number of anilines is 1. The van der Waals surface area contributed by atoms with Gasteiger partial charge in [0.05, 0.1) is 16.4 Å². The summed E-state index contributed by atoms with van der Waals surface area (Å²) in [5, 5.41) is 3.05. The Balaban J connectivity index is 2.67. The normalized spacial score (nSPS) is 11.3. The Hall–Kier alpha value is -0.650. The number of nitrogens with one attached hydrogen (secondary N) is 1. The number of carbonyl (C=O) groups is 1. The quantitative estimate of drug-likeness (QED) is 0.843. The van der Waals surface area contributed by atoms with E-state index in [2.05, 4.69) is 26.2 Å². The predicted octanol–water partition coefficient (Wildman–Crippen LogP) is 2.56. The minimum Gasteiger partial charge on any atom is -0.325 e. The molecule has 0 atom stereocenters. The second-order valence-electron chi connectivity index (χ2n) is 4.21. The fourth-order valence-electron chi connectivity index (χ4n) is 1.11. The van der Waals surface area contributed by atoms with Crippen LogP contribution in [-0.2, 0) is 4.79 Å². The number of pyridine rings is 1. The number of hydrogen-bond acceptors (Lipinski definition) is 3. The lowest BCUT2D eigenvalue weighted by molar-refractivity contribution is -0.117. The Morgan fingerprint density at radius 1 is 1.69 bits per heavy atom. The van der Waals surface area contributed by atoms with Crippen molar-refractivity contribution in [3.8, 4) is 0 Å². The Bertz CT molecular complexity index is 404. The summed E-state index contributed by atoms with van der Waals surface area (Å²) in [6, 6.07) is 1.69. The maximum absolute atomic E-state index is 11.6. The lowest BCUT2D eigenvalue weighted by atomic mass is 10.0. The molecule has 0 aliphatic rings. The molecule has 0 aliphatic heterocycles. The van der Waals surface area contributed by atoms with Crippen molar-refractivity contribution in [3.05, 3.63) is 21.9 Å². The number of rotatable bonds is 3. The molecule has 0 unspecified atom stereocenters. The van der Waals surface area contributed by atoms with Crippen molar-refractivity contribution in [2.24, 2.45) is 5.73 Å². The van der Waals surface area contributed by atoms with E-state index in [0.717, 1.165) is 0 Å². The smallest absolute Gasteiger partial charge is 0.226 e. The van der Waals surface area contributed by atoms with Gasteiger partial charge in [-0.05, 0) is 35.8 Å². The average molecular weight is 307 g/mol. The molecular formula is C10H13BrClN3O. The summed E-state index contributed by atoms with van der Waals surface area (Å²) in [5.41, 5.74) is 5.80. The van der Waals surface area contributed by atoms with Crippen LogP contribution >= 0.6 is 27.5 Å². The fraction of sp³-hybridized carbons (Fsp3) is 0.400. The van der Waals surface area contributed by atoms with Crippen molar-refractivity contribution in [1.82, 2.24) is 4.98 Å². The highest BCUT2D eigenvalue weighted by Gasteiger charge is 2.16. The molecule has 88 valence electrons. The summed E-state index contributed by atoms with van der Waals surface area (Å²) in [6.07, 6.45) is 1.74. The van der Waals surface area contributed by atoms with E-state index in [9.17, 15) is 4.79 Å². The predicted molar refractivity (Wildman–Crippen MR) is 68.5 cm³/mol. The summed E-state index contributed by atoms with van der Waals surface area (Å²) in [6.45, 7) is 3.59. The first-order chi connectivity index (χ1) is 7.28. The molecule has 0 radical (unpaired) electrons. The molecule has 1 aromatic rings. The molecular weight excluding hydrogens is 293 g/mol. The molecule has 0 aromatic carbocycles. The minimum absolute atomic E-state index is 0.150. The Morgan fingerprint density at radius 2 is 2.31 bits per heavy atom. The molecule has 0 spiro atoms. The zero-order chi connectivity index (χ0) is 12.3. The van der Waals surface area contributed by atoms with E-state index in [4.69, 9.17) is 17.3 Å². The van der Waals surface area contributed by atoms with Crippen molar-refractivity contribution < 1.29 is 4.79 Å².